The van der Waals surface area contributed by atoms with E-state index in [1.807, 2.05) is 0 Å². The van der Waals surface area contributed by atoms with Crippen molar-refractivity contribution in [2.24, 2.45) is 5.10 Å². The number of para-hydroxylation sites is 1. The molecule has 35 heavy (non-hydrogen) atoms. The van der Waals surface area contributed by atoms with Gasteiger partial charge in [-0.3, -0.25) is 5.43 Å². The molecule has 4 aromatic rings. The Labute approximate surface area is 209 Å². The highest BCUT2D eigenvalue weighted by atomic mass is 15.3. The molecule has 0 heterocycles. The average Bonchev–Trinajstić information content (AvgIpc) is 3.26. The zero-order valence-corrected chi connectivity index (χ0v) is 21.2. The van der Waals surface area contributed by atoms with Crippen molar-refractivity contribution in [3.63, 3.8) is 0 Å². The summed E-state index contributed by atoms with van der Waals surface area (Å²) < 4.78 is 0. The standard InChI is InChI=1S/C33H34N2/c1-22(2)27-17-11-18-28(23(3)4)33(27)35-34-32(24-12-6-5-7-13-24)21-26-15-10-19-30-29-16-9-8-14-25(29)20-31(26)30/h5-19,22-23,35H,20-21H2,1-4H3. The summed E-state index contributed by atoms with van der Waals surface area (Å²) in [5.74, 6) is 0.838. The number of benzene rings is 4. The fourth-order valence-corrected chi connectivity index (χ4v) is 5.21. The molecule has 1 aliphatic carbocycles. The van der Waals surface area contributed by atoms with E-state index >= 15 is 0 Å². The van der Waals surface area contributed by atoms with Crippen LogP contribution in [0.3, 0.4) is 0 Å². The van der Waals surface area contributed by atoms with Crippen LogP contribution < -0.4 is 5.43 Å². The number of anilines is 1. The fraction of sp³-hybridized carbons (Fsp3) is 0.242. The molecule has 2 heteroatoms. The van der Waals surface area contributed by atoms with Crippen molar-refractivity contribution in [3.8, 4) is 11.1 Å². The highest BCUT2D eigenvalue weighted by Gasteiger charge is 2.21. The van der Waals surface area contributed by atoms with Gasteiger partial charge in [0, 0.05) is 6.42 Å². The first kappa shape index (κ1) is 23.1. The van der Waals surface area contributed by atoms with E-state index in [1.165, 1.54) is 38.9 Å². The van der Waals surface area contributed by atoms with Gasteiger partial charge in [-0.15, -0.1) is 0 Å². The van der Waals surface area contributed by atoms with Crippen molar-refractivity contribution in [2.45, 2.75) is 52.4 Å². The number of fused-ring (bicyclic) bond motifs is 3. The minimum atomic E-state index is 0.419. The van der Waals surface area contributed by atoms with Crippen LogP contribution in [-0.2, 0) is 12.8 Å². The normalized spacial score (nSPS) is 12.7. The van der Waals surface area contributed by atoms with Gasteiger partial charge in [-0.1, -0.05) is 119 Å². The molecule has 176 valence electrons. The van der Waals surface area contributed by atoms with Gasteiger partial charge in [0.2, 0.25) is 0 Å². The zero-order valence-electron chi connectivity index (χ0n) is 21.2. The van der Waals surface area contributed by atoms with E-state index in [-0.39, 0.29) is 0 Å². The summed E-state index contributed by atoms with van der Waals surface area (Å²) in [5, 5.41) is 5.09. The first-order chi connectivity index (χ1) is 17.0. The van der Waals surface area contributed by atoms with Gasteiger partial charge in [-0.25, -0.2) is 0 Å². The lowest BCUT2D eigenvalue weighted by molar-refractivity contribution is 0.835. The molecule has 0 atom stereocenters. The van der Waals surface area contributed by atoms with E-state index in [0.717, 1.165) is 29.8 Å². The van der Waals surface area contributed by atoms with E-state index in [9.17, 15) is 0 Å². The highest BCUT2D eigenvalue weighted by Crippen LogP contribution is 2.38. The van der Waals surface area contributed by atoms with Crippen molar-refractivity contribution in [1.29, 1.82) is 0 Å². The fourth-order valence-electron chi connectivity index (χ4n) is 5.21. The molecule has 0 aromatic heterocycles. The Hall–Kier alpha value is -3.65. The topological polar surface area (TPSA) is 24.4 Å². The third-order valence-electron chi connectivity index (χ3n) is 7.09. The number of hydrogen-bond donors (Lipinski definition) is 1. The molecular weight excluding hydrogens is 424 g/mol. The van der Waals surface area contributed by atoms with Gasteiger partial charge in [0.25, 0.3) is 0 Å². The third kappa shape index (κ3) is 4.66. The quantitative estimate of drug-likeness (QED) is 0.192. The largest absolute Gasteiger partial charge is 0.278 e. The van der Waals surface area contributed by atoms with E-state index in [0.29, 0.717) is 11.8 Å². The number of hydrogen-bond acceptors (Lipinski definition) is 2. The number of hydrazone groups is 1. The Bertz CT molecular complexity index is 1340. The van der Waals surface area contributed by atoms with Crippen LogP contribution in [0.1, 0.15) is 72.9 Å². The summed E-state index contributed by atoms with van der Waals surface area (Å²) >= 11 is 0. The van der Waals surface area contributed by atoms with E-state index < -0.39 is 0 Å². The minimum Gasteiger partial charge on any atom is -0.278 e. The summed E-state index contributed by atoms with van der Waals surface area (Å²) in [7, 11) is 0. The Kier molecular flexibility index (Phi) is 6.55. The highest BCUT2D eigenvalue weighted by molar-refractivity contribution is 6.02. The van der Waals surface area contributed by atoms with Gasteiger partial charge in [0.1, 0.15) is 0 Å². The maximum absolute atomic E-state index is 5.09. The Morgan fingerprint density at radius 2 is 1.34 bits per heavy atom. The maximum atomic E-state index is 5.09. The molecule has 1 aliphatic rings. The van der Waals surface area contributed by atoms with Crippen LogP contribution in [0.4, 0.5) is 5.69 Å². The summed E-state index contributed by atoms with van der Waals surface area (Å²) in [5.41, 5.74) is 16.5. The Balaban J connectivity index is 1.55. The molecule has 4 aromatic carbocycles. The average molecular weight is 459 g/mol. The molecule has 0 aliphatic heterocycles. The van der Waals surface area contributed by atoms with Crippen LogP contribution in [0, 0.1) is 0 Å². The first-order valence-corrected chi connectivity index (χ1v) is 12.7. The molecule has 1 N–H and O–H groups in total. The van der Waals surface area contributed by atoms with Crippen LogP contribution in [0.2, 0.25) is 0 Å². The first-order valence-electron chi connectivity index (χ1n) is 12.7. The molecule has 0 fully saturated rings. The van der Waals surface area contributed by atoms with E-state index in [4.69, 9.17) is 5.10 Å². The predicted octanol–water partition coefficient (Wildman–Crippen LogP) is 8.56. The smallest absolute Gasteiger partial charge is 0.0723 e. The Morgan fingerprint density at radius 1 is 0.714 bits per heavy atom. The third-order valence-corrected chi connectivity index (χ3v) is 7.09. The molecular formula is C33H34N2. The summed E-state index contributed by atoms with van der Waals surface area (Å²) in [6.45, 7) is 8.99. The van der Waals surface area contributed by atoms with Crippen molar-refractivity contribution >= 4 is 11.4 Å². The summed E-state index contributed by atoms with van der Waals surface area (Å²) in [6.07, 6.45) is 1.78. The maximum Gasteiger partial charge on any atom is 0.0723 e. The summed E-state index contributed by atoms with van der Waals surface area (Å²) in [4.78, 5) is 0. The lowest BCUT2D eigenvalue weighted by Gasteiger charge is -2.20. The SMILES string of the molecule is CC(C)c1cccc(C(C)C)c1NN=C(Cc1cccc2c1Cc1ccccc1-2)c1ccccc1. The van der Waals surface area contributed by atoms with Crippen molar-refractivity contribution < 1.29 is 0 Å². The number of nitrogens with one attached hydrogen (secondary N) is 1. The molecule has 5 rings (SSSR count). The second-order valence-corrected chi connectivity index (χ2v) is 10.1. The van der Waals surface area contributed by atoms with Gasteiger partial charge >= 0.3 is 0 Å². The van der Waals surface area contributed by atoms with Crippen LogP contribution >= 0.6 is 0 Å². The van der Waals surface area contributed by atoms with Crippen molar-refractivity contribution in [3.05, 3.63) is 124 Å². The molecule has 0 bridgehead atoms. The van der Waals surface area contributed by atoms with E-state index in [2.05, 4.69) is 124 Å². The van der Waals surface area contributed by atoms with Gasteiger partial charge in [0.05, 0.1) is 11.4 Å². The second kappa shape index (κ2) is 9.92. The van der Waals surface area contributed by atoms with Gasteiger partial charge < -0.3 is 0 Å². The lowest BCUT2D eigenvalue weighted by Crippen LogP contribution is -2.11. The molecule has 0 spiro atoms. The van der Waals surface area contributed by atoms with Crippen molar-refractivity contribution in [1.82, 2.24) is 0 Å². The predicted molar refractivity (Wildman–Crippen MR) is 150 cm³/mol. The number of rotatable bonds is 7. The van der Waals surface area contributed by atoms with Crippen LogP contribution in [0.25, 0.3) is 11.1 Å². The molecule has 0 saturated heterocycles. The van der Waals surface area contributed by atoms with Crippen LogP contribution in [0.5, 0.6) is 0 Å². The van der Waals surface area contributed by atoms with Gasteiger partial charge in [0.15, 0.2) is 0 Å². The molecule has 0 unspecified atom stereocenters. The monoisotopic (exact) mass is 458 g/mol. The lowest BCUT2D eigenvalue weighted by atomic mass is 9.93. The second-order valence-electron chi connectivity index (χ2n) is 10.1. The zero-order chi connectivity index (χ0) is 24.4. The Morgan fingerprint density at radius 3 is 2.06 bits per heavy atom. The number of nitrogens with zero attached hydrogens (tertiary/aromatic N) is 1. The summed E-state index contributed by atoms with van der Waals surface area (Å²) in [6, 6.07) is 32.7. The van der Waals surface area contributed by atoms with Crippen LogP contribution in [0.15, 0.2) is 96.1 Å². The molecule has 2 nitrogen and oxygen atoms in total. The van der Waals surface area contributed by atoms with E-state index in [1.54, 1.807) is 0 Å². The molecule has 0 amide bonds. The molecule has 0 saturated carbocycles. The van der Waals surface area contributed by atoms with Gasteiger partial charge in [-0.05, 0) is 62.8 Å². The minimum absolute atomic E-state index is 0.419. The van der Waals surface area contributed by atoms with Crippen molar-refractivity contribution in [2.75, 3.05) is 5.43 Å². The van der Waals surface area contributed by atoms with Gasteiger partial charge in [-0.2, -0.15) is 5.10 Å². The van der Waals surface area contributed by atoms with Crippen LogP contribution in [-0.4, -0.2) is 5.71 Å². The molecule has 0 radical (unpaired) electrons.